The second kappa shape index (κ2) is 6.53. The molecule has 16 heavy (non-hydrogen) atoms. The molecule has 0 aliphatic heterocycles. The van der Waals surface area contributed by atoms with Gasteiger partial charge in [-0.2, -0.15) is 0 Å². The SMILES string of the molecule is CCc1c(Br)cccc1OCCCC(=O)O. The Morgan fingerprint density at radius 3 is 2.88 bits per heavy atom. The summed E-state index contributed by atoms with van der Waals surface area (Å²) < 4.78 is 6.60. The van der Waals surface area contributed by atoms with Crippen LogP contribution in [0.3, 0.4) is 0 Å². The Hall–Kier alpha value is -1.03. The van der Waals surface area contributed by atoms with Gasteiger partial charge < -0.3 is 9.84 Å². The molecule has 0 bridgehead atoms. The first-order valence-electron chi connectivity index (χ1n) is 5.27. The molecule has 0 atom stereocenters. The number of rotatable bonds is 6. The molecule has 1 aromatic carbocycles. The molecule has 0 saturated carbocycles. The lowest BCUT2D eigenvalue weighted by molar-refractivity contribution is -0.137. The maximum atomic E-state index is 10.3. The molecule has 0 saturated heterocycles. The van der Waals surface area contributed by atoms with Crippen molar-refractivity contribution in [2.45, 2.75) is 26.2 Å². The molecule has 0 spiro atoms. The number of aliphatic carboxylic acids is 1. The number of carboxylic acids is 1. The Morgan fingerprint density at radius 2 is 2.25 bits per heavy atom. The summed E-state index contributed by atoms with van der Waals surface area (Å²) in [5.74, 6) is 0.0517. The van der Waals surface area contributed by atoms with Crippen molar-refractivity contribution in [1.29, 1.82) is 0 Å². The van der Waals surface area contributed by atoms with Crippen LogP contribution in [0.2, 0.25) is 0 Å². The zero-order chi connectivity index (χ0) is 12.0. The van der Waals surface area contributed by atoms with Gasteiger partial charge in [-0.15, -0.1) is 0 Å². The number of hydrogen-bond acceptors (Lipinski definition) is 2. The fourth-order valence-electron chi connectivity index (χ4n) is 1.42. The van der Waals surface area contributed by atoms with Crippen molar-refractivity contribution in [3.05, 3.63) is 28.2 Å². The number of carboxylic acid groups (broad SMARTS) is 1. The van der Waals surface area contributed by atoms with Gasteiger partial charge in [-0.05, 0) is 25.0 Å². The lowest BCUT2D eigenvalue weighted by Gasteiger charge is -2.11. The summed E-state index contributed by atoms with van der Waals surface area (Å²) in [6.07, 6.45) is 1.57. The molecule has 0 aliphatic carbocycles. The number of halogens is 1. The number of carbonyl (C=O) groups is 1. The smallest absolute Gasteiger partial charge is 0.303 e. The van der Waals surface area contributed by atoms with Crippen molar-refractivity contribution in [3.8, 4) is 5.75 Å². The van der Waals surface area contributed by atoms with Crippen LogP contribution >= 0.6 is 15.9 Å². The number of hydrogen-bond donors (Lipinski definition) is 1. The van der Waals surface area contributed by atoms with E-state index in [4.69, 9.17) is 9.84 Å². The van der Waals surface area contributed by atoms with E-state index >= 15 is 0 Å². The van der Waals surface area contributed by atoms with Crippen LogP contribution in [-0.2, 0) is 11.2 Å². The van der Waals surface area contributed by atoms with E-state index in [1.165, 1.54) is 0 Å². The second-order valence-electron chi connectivity index (χ2n) is 3.42. The molecule has 1 rings (SSSR count). The standard InChI is InChI=1S/C12H15BrO3/c1-2-9-10(13)5-3-6-11(9)16-8-4-7-12(14)15/h3,5-6H,2,4,7-8H2,1H3,(H,14,15). The minimum absolute atomic E-state index is 0.148. The normalized spacial score (nSPS) is 10.1. The van der Waals surface area contributed by atoms with Crippen molar-refractivity contribution in [1.82, 2.24) is 0 Å². The van der Waals surface area contributed by atoms with Gasteiger partial charge in [-0.1, -0.05) is 28.9 Å². The Labute approximate surface area is 104 Å². The van der Waals surface area contributed by atoms with E-state index in [-0.39, 0.29) is 6.42 Å². The van der Waals surface area contributed by atoms with Crippen LogP contribution < -0.4 is 4.74 Å². The van der Waals surface area contributed by atoms with Crippen LogP contribution in [0.25, 0.3) is 0 Å². The van der Waals surface area contributed by atoms with Crippen LogP contribution in [0.4, 0.5) is 0 Å². The van der Waals surface area contributed by atoms with Gasteiger partial charge in [0.05, 0.1) is 6.61 Å². The average Bonchev–Trinajstić information content (AvgIpc) is 2.24. The number of ether oxygens (including phenoxy) is 1. The summed E-state index contributed by atoms with van der Waals surface area (Å²) >= 11 is 3.47. The largest absolute Gasteiger partial charge is 0.493 e. The van der Waals surface area contributed by atoms with Crippen molar-refractivity contribution in [2.75, 3.05) is 6.61 Å². The third kappa shape index (κ3) is 3.85. The molecule has 88 valence electrons. The highest BCUT2D eigenvalue weighted by Crippen LogP contribution is 2.27. The molecule has 0 unspecified atom stereocenters. The van der Waals surface area contributed by atoms with Gasteiger partial charge in [0.2, 0.25) is 0 Å². The van der Waals surface area contributed by atoms with Crippen LogP contribution in [0.15, 0.2) is 22.7 Å². The molecule has 0 aromatic heterocycles. The number of benzene rings is 1. The molecule has 0 aliphatic rings. The third-order valence-corrected chi connectivity index (χ3v) is 2.96. The van der Waals surface area contributed by atoms with Crippen LogP contribution in [0, 0.1) is 0 Å². The van der Waals surface area contributed by atoms with Gasteiger partial charge in [0.25, 0.3) is 0 Å². The summed E-state index contributed by atoms with van der Waals surface area (Å²) in [6.45, 7) is 2.50. The maximum Gasteiger partial charge on any atom is 0.303 e. The van der Waals surface area contributed by atoms with Gasteiger partial charge in [0, 0.05) is 16.5 Å². The van der Waals surface area contributed by atoms with Crippen LogP contribution in [0.1, 0.15) is 25.3 Å². The van der Waals surface area contributed by atoms with Gasteiger partial charge in [0.15, 0.2) is 0 Å². The van der Waals surface area contributed by atoms with Gasteiger partial charge in [-0.3, -0.25) is 4.79 Å². The van der Waals surface area contributed by atoms with Crippen molar-refractivity contribution in [2.24, 2.45) is 0 Å². The van der Waals surface area contributed by atoms with Gasteiger partial charge in [-0.25, -0.2) is 0 Å². The predicted molar refractivity (Wildman–Crippen MR) is 65.9 cm³/mol. The molecule has 0 amide bonds. The second-order valence-corrected chi connectivity index (χ2v) is 4.27. The lowest BCUT2D eigenvalue weighted by Crippen LogP contribution is -2.03. The van der Waals surface area contributed by atoms with Crippen molar-refractivity contribution in [3.63, 3.8) is 0 Å². The molecule has 1 N–H and O–H groups in total. The minimum atomic E-state index is -0.784. The van der Waals surface area contributed by atoms with Crippen molar-refractivity contribution >= 4 is 21.9 Å². The quantitative estimate of drug-likeness (QED) is 0.817. The van der Waals surface area contributed by atoms with E-state index in [0.29, 0.717) is 13.0 Å². The summed E-state index contributed by atoms with van der Waals surface area (Å²) in [5.41, 5.74) is 1.12. The molecule has 0 radical (unpaired) electrons. The Bertz CT molecular complexity index is 363. The summed E-state index contributed by atoms with van der Waals surface area (Å²) in [6, 6.07) is 5.79. The zero-order valence-corrected chi connectivity index (χ0v) is 10.8. The highest BCUT2D eigenvalue weighted by atomic mass is 79.9. The zero-order valence-electron chi connectivity index (χ0n) is 9.20. The Morgan fingerprint density at radius 1 is 1.50 bits per heavy atom. The first-order chi connectivity index (χ1) is 7.65. The third-order valence-electron chi connectivity index (χ3n) is 2.22. The van der Waals surface area contributed by atoms with Gasteiger partial charge >= 0.3 is 5.97 Å². The fourth-order valence-corrected chi connectivity index (χ4v) is 2.05. The summed E-state index contributed by atoms with van der Waals surface area (Å²) in [7, 11) is 0. The predicted octanol–water partition coefficient (Wildman–Crippen LogP) is 3.26. The molecule has 4 heteroatoms. The fraction of sp³-hybridized carbons (Fsp3) is 0.417. The highest BCUT2D eigenvalue weighted by molar-refractivity contribution is 9.10. The molecule has 3 nitrogen and oxygen atoms in total. The monoisotopic (exact) mass is 286 g/mol. The molecular formula is C12H15BrO3. The van der Waals surface area contributed by atoms with E-state index in [0.717, 1.165) is 22.2 Å². The molecule has 0 fully saturated rings. The van der Waals surface area contributed by atoms with E-state index in [2.05, 4.69) is 22.9 Å². The Balaban J connectivity index is 2.53. The van der Waals surface area contributed by atoms with Crippen molar-refractivity contribution < 1.29 is 14.6 Å². The van der Waals surface area contributed by atoms with E-state index < -0.39 is 5.97 Å². The van der Waals surface area contributed by atoms with Crippen LogP contribution in [-0.4, -0.2) is 17.7 Å². The molecular weight excluding hydrogens is 272 g/mol. The molecule has 1 aromatic rings. The topological polar surface area (TPSA) is 46.5 Å². The van der Waals surface area contributed by atoms with Gasteiger partial charge in [0.1, 0.15) is 5.75 Å². The average molecular weight is 287 g/mol. The maximum absolute atomic E-state index is 10.3. The summed E-state index contributed by atoms with van der Waals surface area (Å²) in [5, 5.41) is 8.49. The first-order valence-corrected chi connectivity index (χ1v) is 6.06. The van der Waals surface area contributed by atoms with Crippen LogP contribution in [0.5, 0.6) is 5.75 Å². The summed E-state index contributed by atoms with van der Waals surface area (Å²) in [4.78, 5) is 10.3. The minimum Gasteiger partial charge on any atom is -0.493 e. The first kappa shape index (κ1) is 13.0. The van der Waals surface area contributed by atoms with E-state index in [9.17, 15) is 4.79 Å². The molecule has 0 heterocycles. The highest BCUT2D eigenvalue weighted by Gasteiger charge is 2.05. The lowest BCUT2D eigenvalue weighted by atomic mass is 10.1. The van der Waals surface area contributed by atoms with E-state index in [1.54, 1.807) is 0 Å². The van der Waals surface area contributed by atoms with E-state index in [1.807, 2.05) is 18.2 Å². The Kier molecular flexibility index (Phi) is 5.32.